The fourth-order valence-electron chi connectivity index (χ4n) is 2.25. The molecular weight excluding hydrogens is 256 g/mol. The number of benzene rings is 1. The van der Waals surface area contributed by atoms with Crippen molar-refractivity contribution in [3.05, 3.63) is 28.8 Å². The van der Waals surface area contributed by atoms with E-state index in [1.807, 2.05) is 39.8 Å². The molecule has 0 saturated heterocycles. The number of hydrogen-bond donors (Lipinski definition) is 2. The normalized spacial score (nSPS) is 10.2. The molecule has 1 aromatic rings. The Balaban J connectivity index is 2.90. The molecule has 5 heteroatoms. The minimum absolute atomic E-state index is 0.288. The maximum atomic E-state index is 12.2. The second kappa shape index (κ2) is 6.93. The van der Waals surface area contributed by atoms with Crippen LogP contribution >= 0.6 is 0 Å². The highest BCUT2D eigenvalue weighted by Crippen LogP contribution is 2.22. The van der Waals surface area contributed by atoms with Gasteiger partial charge in [0.15, 0.2) is 0 Å². The maximum Gasteiger partial charge on any atom is 0.323 e. The van der Waals surface area contributed by atoms with E-state index in [0.717, 1.165) is 22.4 Å². The minimum atomic E-state index is -1.01. The number of aliphatic carboxylic acids is 1. The highest BCUT2D eigenvalue weighted by atomic mass is 16.4. The molecule has 0 spiro atoms. The van der Waals surface area contributed by atoms with Crippen molar-refractivity contribution in [1.29, 1.82) is 0 Å². The number of anilines is 1. The first-order valence-electron chi connectivity index (χ1n) is 6.70. The van der Waals surface area contributed by atoms with Crippen LogP contribution in [0.5, 0.6) is 0 Å². The maximum absolute atomic E-state index is 12.2. The zero-order chi connectivity index (χ0) is 15.3. The summed E-state index contributed by atoms with van der Waals surface area (Å²) in [5.41, 5.74) is 3.84. The lowest BCUT2D eigenvalue weighted by atomic mass is 10.1. The summed E-state index contributed by atoms with van der Waals surface area (Å²) >= 11 is 0. The summed E-state index contributed by atoms with van der Waals surface area (Å²) in [6.07, 6.45) is 0.715. The van der Waals surface area contributed by atoms with Crippen LogP contribution in [0.15, 0.2) is 12.1 Å². The first kappa shape index (κ1) is 16.0. The molecule has 0 aromatic heterocycles. The van der Waals surface area contributed by atoms with E-state index in [4.69, 9.17) is 5.11 Å². The van der Waals surface area contributed by atoms with Crippen molar-refractivity contribution >= 4 is 17.7 Å². The Bertz CT molecular complexity index is 489. The van der Waals surface area contributed by atoms with E-state index in [0.29, 0.717) is 13.0 Å². The van der Waals surface area contributed by atoms with E-state index in [-0.39, 0.29) is 12.6 Å². The molecular formula is C15H22N2O3. The number of hydrogen-bond acceptors (Lipinski definition) is 2. The van der Waals surface area contributed by atoms with Crippen LogP contribution in [0.1, 0.15) is 30.0 Å². The third-order valence-electron chi connectivity index (χ3n) is 3.02. The monoisotopic (exact) mass is 278 g/mol. The van der Waals surface area contributed by atoms with Crippen molar-refractivity contribution in [2.45, 2.75) is 34.1 Å². The van der Waals surface area contributed by atoms with Crippen LogP contribution in [0.25, 0.3) is 0 Å². The molecule has 20 heavy (non-hydrogen) atoms. The van der Waals surface area contributed by atoms with Crippen LogP contribution in [-0.4, -0.2) is 35.1 Å². The van der Waals surface area contributed by atoms with Gasteiger partial charge in [0.05, 0.1) is 0 Å². The fourth-order valence-corrected chi connectivity index (χ4v) is 2.25. The molecule has 0 aliphatic heterocycles. The Hall–Kier alpha value is -2.04. The molecule has 0 fully saturated rings. The summed E-state index contributed by atoms with van der Waals surface area (Å²) in [6.45, 7) is 7.89. The summed E-state index contributed by atoms with van der Waals surface area (Å²) in [5, 5.41) is 11.7. The molecule has 2 amide bonds. The summed E-state index contributed by atoms with van der Waals surface area (Å²) in [6, 6.07) is 3.61. The smallest absolute Gasteiger partial charge is 0.323 e. The Morgan fingerprint density at radius 3 is 2.20 bits per heavy atom. The largest absolute Gasteiger partial charge is 0.480 e. The van der Waals surface area contributed by atoms with E-state index in [1.165, 1.54) is 4.90 Å². The van der Waals surface area contributed by atoms with E-state index in [2.05, 4.69) is 5.32 Å². The Morgan fingerprint density at radius 1 is 1.20 bits per heavy atom. The van der Waals surface area contributed by atoms with Gasteiger partial charge in [0, 0.05) is 12.2 Å². The van der Waals surface area contributed by atoms with Gasteiger partial charge in [0.25, 0.3) is 0 Å². The molecule has 0 aliphatic carbocycles. The molecule has 1 rings (SSSR count). The summed E-state index contributed by atoms with van der Waals surface area (Å²) < 4.78 is 0. The van der Waals surface area contributed by atoms with Gasteiger partial charge in [-0.2, -0.15) is 0 Å². The standard InChI is InChI=1S/C15H22N2O3/c1-5-6-17(9-13(18)19)15(20)16-14-11(3)7-10(2)8-12(14)4/h7-8H,5-6,9H2,1-4H3,(H,16,20)(H,18,19). The molecule has 0 unspecified atom stereocenters. The zero-order valence-corrected chi connectivity index (χ0v) is 12.5. The van der Waals surface area contributed by atoms with E-state index in [1.54, 1.807) is 0 Å². The van der Waals surface area contributed by atoms with Crippen molar-refractivity contribution in [2.75, 3.05) is 18.4 Å². The molecule has 0 aliphatic rings. The van der Waals surface area contributed by atoms with E-state index < -0.39 is 5.97 Å². The van der Waals surface area contributed by atoms with Crippen LogP contribution < -0.4 is 5.32 Å². The zero-order valence-electron chi connectivity index (χ0n) is 12.5. The number of carbonyl (C=O) groups excluding carboxylic acids is 1. The van der Waals surface area contributed by atoms with E-state index in [9.17, 15) is 9.59 Å². The number of carboxylic acids is 1. The third-order valence-corrected chi connectivity index (χ3v) is 3.02. The molecule has 0 saturated carbocycles. The van der Waals surface area contributed by atoms with Gasteiger partial charge < -0.3 is 15.3 Å². The molecule has 1 aromatic carbocycles. The van der Waals surface area contributed by atoms with Gasteiger partial charge in [-0.3, -0.25) is 4.79 Å². The second-order valence-corrected chi connectivity index (χ2v) is 5.02. The SMILES string of the molecule is CCCN(CC(=O)O)C(=O)Nc1c(C)cc(C)cc1C. The van der Waals surface area contributed by atoms with Gasteiger partial charge in [-0.15, -0.1) is 0 Å². The van der Waals surface area contributed by atoms with Gasteiger partial charge in [0.1, 0.15) is 6.54 Å². The lowest BCUT2D eigenvalue weighted by Crippen LogP contribution is -2.39. The second-order valence-electron chi connectivity index (χ2n) is 5.02. The molecule has 0 radical (unpaired) electrons. The Labute approximate surface area is 119 Å². The highest BCUT2D eigenvalue weighted by molar-refractivity contribution is 5.92. The van der Waals surface area contributed by atoms with Crippen molar-refractivity contribution < 1.29 is 14.7 Å². The van der Waals surface area contributed by atoms with Gasteiger partial charge in [-0.05, 0) is 38.3 Å². The number of urea groups is 1. The first-order valence-corrected chi connectivity index (χ1v) is 6.70. The number of rotatable bonds is 5. The Kier molecular flexibility index (Phi) is 5.55. The summed E-state index contributed by atoms with van der Waals surface area (Å²) in [7, 11) is 0. The predicted octanol–water partition coefficient (Wildman–Crippen LogP) is 2.94. The molecule has 5 nitrogen and oxygen atoms in total. The number of aryl methyl sites for hydroxylation is 3. The molecule has 0 heterocycles. The average Bonchev–Trinajstić information content (AvgIpc) is 2.32. The van der Waals surface area contributed by atoms with Crippen molar-refractivity contribution in [1.82, 2.24) is 4.90 Å². The van der Waals surface area contributed by atoms with Crippen molar-refractivity contribution in [3.8, 4) is 0 Å². The number of amides is 2. The molecule has 2 N–H and O–H groups in total. The lowest BCUT2D eigenvalue weighted by molar-refractivity contribution is -0.137. The van der Waals surface area contributed by atoms with Crippen LogP contribution in [-0.2, 0) is 4.79 Å². The molecule has 0 bridgehead atoms. The number of carboxylic acid groups (broad SMARTS) is 1. The number of nitrogens with zero attached hydrogens (tertiary/aromatic N) is 1. The fraction of sp³-hybridized carbons (Fsp3) is 0.467. The molecule has 110 valence electrons. The van der Waals surface area contributed by atoms with Crippen molar-refractivity contribution in [3.63, 3.8) is 0 Å². The predicted molar refractivity (Wildman–Crippen MR) is 79.2 cm³/mol. The third kappa shape index (κ3) is 4.26. The van der Waals surface area contributed by atoms with Crippen LogP contribution in [0.2, 0.25) is 0 Å². The van der Waals surface area contributed by atoms with Crippen molar-refractivity contribution in [2.24, 2.45) is 0 Å². The minimum Gasteiger partial charge on any atom is -0.480 e. The Morgan fingerprint density at radius 2 is 1.75 bits per heavy atom. The van der Waals surface area contributed by atoms with Gasteiger partial charge in [-0.1, -0.05) is 24.6 Å². The summed E-state index contributed by atoms with van der Waals surface area (Å²) in [4.78, 5) is 24.3. The van der Waals surface area contributed by atoms with Gasteiger partial charge >= 0.3 is 12.0 Å². The number of nitrogens with one attached hydrogen (secondary N) is 1. The molecule has 0 atom stereocenters. The van der Waals surface area contributed by atoms with E-state index >= 15 is 0 Å². The van der Waals surface area contributed by atoms with Gasteiger partial charge in [-0.25, -0.2) is 4.79 Å². The van der Waals surface area contributed by atoms with Crippen LogP contribution in [0.4, 0.5) is 10.5 Å². The highest BCUT2D eigenvalue weighted by Gasteiger charge is 2.17. The lowest BCUT2D eigenvalue weighted by Gasteiger charge is -2.22. The van der Waals surface area contributed by atoms with Crippen LogP contribution in [0.3, 0.4) is 0 Å². The topological polar surface area (TPSA) is 69.6 Å². The number of carbonyl (C=O) groups is 2. The first-order chi connectivity index (χ1) is 9.35. The summed E-state index contributed by atoms with van der Waals surface area (Å²) in [5.74, 6) is -1.01. The van der Waals surface area contributed by atoms with Crippen LogP contribution in [0, 0.1) is 20.8 Å². The average molecular weight is 278 g/mol. The quantitative estimate of drug-likeness (QED) is 0.870. The van der Waals surface area contributed by atoms with Gasteiger partial charge in [0.2, 0.25) is 0 Å².